The van der Waals surface area contributed by atoms with Crippen LogP contribution in [0.4, 0.5) is 18.6 Å². The summed E-state index contributed by atoms with van der Waals surface area (Å²) < 4.78 is 38.4. The van der Waals surface area contributed by atoms with Crippen molar-refractivity contribution < 1.29 is 12.9 Å². The quantitative estimate of drug-likeness (QED) is 0.740. The molecule has 2 aliphatic rings. The zero-order valence-electron chi connectivity index (χ0n) is 9.90. The molecule has 0 spiro atoms. The number of hydrogen-bond acceptors (Lipinski definition) is 1. The lowest BCUT2D eigenvalue weighted by Gasteiger charge is -2.37. The van der Waals surface area contributed by atoms with Gasteiger partial charge in [-0.2, -0.15) is 0 Å². The fourth-order valence-corrected chi connectivity index (χ4v) is 2.65. The average molecular weight is 250 g/mol. The van der Waals surface area contributed by atoms with Gasteiger partial charge in [0, 0.05) is 5.69 Å². The molecule has 0 atom stereocenters. The third kappa shape index (κ3) is 2.28. The molecular formula is C12H13B2F3N-. The first-order valence-electron chi connectivity index (χ1n) is 6.29. The first-order chi connectivity index (χ1) is 8.54. The average Bonchev–Trinajstić information content (AvgIpc) is 3.12. The van der Waals surface area contributed by atoms with Crippen molar-refractivity contribution in [1.29, 1.82) is 0 Å². The second-order valence-corrected chi connectivity index (χ2v) is 5.11. The molecule has 6 heteroatoms. The smallest absolute Gasteiger partial charge is 0.448 e. The Morgan fingerprint density at radius 3 is 2.61 bits per heavy atom. The Hall–Kier alpha value is -1.32. The fourth-order valence-electron chi connectivity index (χ4n) is 2.65. The molecule has 0 bridgehead atoms. The van der Waals surface area contributed by atoms with Crippen molar-refractivity contribution in [2.45, 2.75) is 18.7 Å². The summed E-state index contributed by atoms with van der Waals surface area (Å²) in [5, 5.41) is 0. The highest BCUT2D eigenvalue weighted by atomic mass is 19.4. The minimum absolute atomic E-state index is 0.0802. The van der Waals surface area contributed by atoms with Crippen molar-refractivity contribution in [3.63, 3.8) is 0 Å². The molecule has 18 heavy (non-hydrogen) atoms. The van der Waals surface area contributed by atoms with Crippen LogP contribution in [-0.2, 0) is 0 Å². The highest BCUT2D eigenvalue weighted by Crippen LogP contribution is 2.44. The predicted molar refractivity (Wildman–Crippen MR) is 70.6 cm³/mol. The molecule has 0 N–H and O–H groups in total. The van der Waals surface area contributed by atoms with Crippen LogP contribution in [0.2, 0.25) is 5.82 Å². The van der Waals surface area contributed by atoms with Gasteiger partial charge in [0.25, 0.3) is 6.85 Å². The van der Waals surface area contributed by atoms with Gasteiger partial charge >= 0.3 is 6.98 Å². The van der Waals surface area contributed by atoms with Crippen LogP contribution in [0, 0.1) is 0 Å². The Morgan fingerprint density at radius 1 is 1.22 bits per heavy atom. The van der Waals surface area contributed by atoms with Crippen molar-refractivity contribution in [3.05, 3.63) is 35.8 Å². The lowest BCUT2D eigenvalue weighted by atomic mass is 9.52. The molecule has 1 aliphatic carbocycles. The Kier molecular flexibility index (Phi) is 2.68. The van der Waals surface area contributed by atoms with Gasteiger partial charge in [0.2, 0.25) is 0 Å². The standard InChI is InChI=1S/C12H13B2F3N/c15-14(16,17)9-18-12-4-2-1-3-10(12)7-8-13(18)11-5-6-11/h1-4,7-8,11H,5-6,9H2/q-1. The number of hydrogen-bond donors (Lipinski definition) is 0. The van der Waals surface area contributed by atoms with E-state index in [0.717, 1.165) is 24.1 Å². The molecule has 0 amide bonds. The van der Waals surface area contributed by atoms with Gasteiger partial charge < -0.3 is 17.8 Å². The van der Waals surface area contributed by atoms with Gasteiger partial charge in [-0.1, -0.05) is 43.1 Å². The van der Waals surface area contributed by atoms with Crippen molar-refractivity contribution in [2.24, 2.45) is 0 Å². The van der Waals surface area contributed by atoms with Gasteiger partial charge in [-0.25, -0.2) is 0 Å². The molecule has 1 aliphatic heterocycles. The summed E-state index contributed by atoms with van der Waals surface area (Å²) in [4.78, 5) is 1.53. The molecule has 0 saturated heterocycles. The van der Waals surface area contributed by atoms with Gasteiger partial charge in [0.1, 0.15) is 0 Å². The van der Waals surface area contributed by atoms with E-state index in [1.807, 2.05) is 24.2 Å². The first kappa shape index (κ1) is 11.8. The normalized spacial score (nSPS) is 19.1. The van der Waals surface area contributed by atoms with Crippen LogP contribution >= 0.6 is 0 Å². The molecule has 94 valence electrons. The fraction of sp³-hybridized carbons (Fsp3) is 0.333. The molecule has 1 nitrogen and oxygen atoms in total. The van der Waals surface area contributed by atoms with Crippen LogP contribution in [0.1, 0.15) is 18.4 Å². The van der Waals surface area contributed by atoms with Gasteiger partial charge in [-0.05, 0) is 23.9 Å². The lowest BCUT2D eigenvalue weighted by molar-refractivity contribution is 0.472. The maximum atomic E-state index is 12.8. The third-order valence-electron chi connectivity index (χ3n) is 3.59. The number of para-hydroxylation sites is 1. The highest BCUT2D eigenvalue weighted by Gasteiger charge is 2.41. The summed E-state index contributed by atoms with van der Waals surface area (Å²) in [6.45, 7) is -4.88. The van der Waals surface area contributed by atoms with Crippen LogP contribution in [-0.4, -0.2) is 20.3 Å². The van der Waals surface area contributed by atoms with Crippen molar-refractivity contribution in [1.82, 2.24) is 0 Å². The number of nitrogens with zero attached hydrogens (tertiary/aromatic N) is 1. The molecule has 1 fully saturated rings. The minimum Gasteiger partial charge on any atom is -0.448 e. The summed E-state index contributed by atoms with van der Waals surface area (Å²) in [6.07, 6.45) is 3.23. The van der Waals surface area contributed by atoms with Crippen LogP contribution in [0.3, 0.4) is 0 Å². The molecular weight excluding hydrogens is 237 g/mol. The van der Waals surface area contributed by atoms with E-state index in [2.05, 4.69) is 0 Å². The molecule has 1 aromatic carbocycles. The third-order valence-corrected chi connectivity index (χ3v) is 3.59. The van der Waals surface area contributed by atoms with Crippen molar-refractivity contribution in [3.8, 4) is 0 Å². The number of anilines is 1. The van der Waals surface area contributed by atoms with E-state index in [4.69, 9.17) is 0 Å². The second kappa shape index (κ2) is 4.11. The number of rotatable bonds is 3. The molecule has 0 radical (unpaired) electrons. The predicted octanol–water partition coefficient (Wildman–Crippen LogP) is 3.60. The Labute approximate surface area is 105 Å². The summed E-state index contributed by atoms with van der Waals surface area (Å²) in [5.74, 6) is 2.33. The number of halogens is 3. The number of fused-ring (bicyclic) bond motifs is 1. The van der Waals surface area contributed by atoms with E-state index < -0.39 is 13.4 Å². The molecule has 0 aromatic heterocycles. The SMILES string of the molecule is F[B-](F)(F)CN1B(C2CC2)C=Cc2ccccc21. The maximum Gasteiger partial charge on any atom is 0.495 e. The summed E-state index contributed by atoms with van der Waals surface area (Å²) in [5.41, 5.74) is 1.60. The molecule has 0 unspecified atom stereocenters. The van der Waals surface area contributed by atoms with Crippen LogP contribution in [0.15, 0.2) is 30.2 Å². The summed E-state index contributed by atoms with van der Waals surface area (Å²) in [6, 6.07) is 7.32. The van der Waals surface area contributed by atoms with Crippen LogP contribution in [0.25, 0.3) is 6.08 Å². The van der Waals surface area contributed by atoms with Crippen molar-refractivity contribution >= 4 is 25.6 Å². The van der Waals surface area contributed by atoms with E-state index in [1.165, 1.54) is 4.81 Å². The lowest BCUT2D eigenvalue weighted by Crippen LogP contribution is -2.48. The zero-order chi connectivity index (χ0) is 12.8. The largest absolute Gasteiger partial charge is 0.495 e. The Bertz CT molecular complexity index is 482. The topological polar surface area (TPSA) is 3.24 Å². The Morgan fingerprint density at radius 2 is 1.94 bits per heavy atom. The molecule has 1 aromatic rings. The molecule has 1 heterocycles. The minimum atomic E-state index is -4.80. The zero-order valence-corrected chi connectivity index (χ0v) is 9.90. The van der Waals surface area contributed by atoms with Gasteiger partial charge in [-0.3, -0.25) is 0 Å². The monoisotopic (exact) mass is 250 g/mol. The van der Waals surface area contributed by atoms with E-state index in [0.29, 0.717) is 5.82 Å². The first-order valence-corrected chi connectivity index (χ1v) is 6.29. The van der Waals surface area contributed by atoms with E-state index in [-0.39, 0.29) is 6.85 Å². The number of benzene rings is 1. The second-order valence-electron chi connectivity index (χ2n) is 5.11. The maximum absolute atomic E-state index is 12.8. The molecule has 3 rings (SSSR count). The van der Waals surface area contributed by atoms with E-state index in [9.17, 15) is 12.9 Å². The Balaban J connectivity index is 1.96. The van der Waals surface area contributed by atoms with E-state index >= 15 is 0 Å². The summed E-state index contributed by atoms with van der Waals surface area (Å²) >= 11 is 0. The highest BCUT2D eigenvalue weighted by molar-refractivity contribution is 6.74. The van der Waals surface area contributed by atoms with Gasteiger partial charge in [0.15, 0.2) is 0 Å². The summed E-state index contributed by atoms with van der Waals surface area (Å²) in [7, 11) is 0. The van der Waals surface area contributed by atoms with Gasteiger partial charge in [-0.15, -0.1) is 0 Å². The van der Waals surface area contributed by atoms with Gasteiger partial charge in [0.05, 0.1) is 0 Å². The van der Waals surface area contributed by atoms with Crippen LogP contribution in [0.5, 0.6) is 0 Å². The van der Waals surface area contributed by atoms with Crippen molar-refractivity contribution in [2.75, 3.05) is 11.3 Å². The van der Waals surface area contributed by atoms with E-state index in [1.54, 1.807) is 12.1 Å². The van der Waals surface area contributed by atoms with Crippen LogP contribution < -0.4 is 4.81 Å². The molecule has 1 saturated carbocycles.